The smallest absolute Gasteiger partial charge is 0.393 e. The molecular weight excluding hydrogens is 729 g/mol. The van der Waals surface area contributed by atoms with Gasteiger partial charge >= 0.3 is 7.82 Å². The molecule has 8 atom stereocenters. The molecule has 0 aliphatic heterocycles. The fourth-order valence-corrected chi connectivity index (χ4v) is 8.27. The molecule has 0 aromatic rings. The standard InChI is InChI=1S/C41H82NO12P/c1-3-5-7-9-11-13-15-16-17-18-19-20-22-24-26-28-32(43)30-35(45)42-33(34(44)29-27-25-23-21-14-12-10-8-6-4-2)31-53-55(51,52)54-41-39(49)37(47)36(46)38(48)40(41)50/h32-34,36-41,43-44,46-50H,3-31H2,1-2H3,(H,42,45)(H,51,52). The molecule has 0 saturated heterocycles. The largest absolute Gasteiger partial charge is 0.472 e. The molecule has 55 heavy (non-hydrogen) atoms. The van der Waals surface area contributed by atoms with Crippen LogP contribution in [0.15, 0.2) is 0 Å². The zero-order valence-electron chi connectivity index (χ0n) is 34.4. The Morgan fingerprint density at radius 2 is 0.909 bits per heavy atom. The maximum atomic E-state index is 13.0. The Hall–Kier alpha value is -0.700. The molecular formula is C41H82NO12P. The van der Waals surface area contributed by atoms with Gasteiger partial charge in [0, 0.05) is 0 Å². The number of nitrogens with one attached hydrogen (secondary N) is 1. The van der Waals surface area contributed by atoms with E-state index in [9.17, 15) is 50.0 Å². The summed E-state index contributed by atoms with van der Waals surface area (Å²) in [7, 11) is -5.10. The summed E-state index contributed by atoms with van der Waals surface area (Å²) in [4.78, 5) is 23.4. The van der Waals surface area contributed by atoms with Gasteiger partial charge in [0.15, 0.2) is 0 Å². The second kappa shape index (κ2) is 32.2. The normalized spacial score (nSPS) is 24.3. The zero-order valence-corrected chi connectivity index (χ0v) is 35.3. The van der Waals surface area contributed by atoms with E-state index in [4.69, 9.17) is 9.05 Å². The molecule has 8 unspecified atom stereocenters. The van der Waals surface area contributed by atoms with Gasteiger partial charge in [-0.3, -0.25) is 13.8 Å². The first-order valence-electron chi connectivity index (χ1n) is 22.1. The van der Waals surface area contributed by atoms with Gasteiger partial charge in [0.25, 0.3) is 0 Å². The summed E-state index contributed by atoms with van der Waals surface area (Å²) in [5.74, 6) is -0.559. The first-order valence-corrected chi connectivity index (χ1v) is 23.6. The molecule has 1 saturated carbocycles. The van der Waals surface area contributed by atoms with Crippen molar-refractivity contribution in [2.75, 3.05) is 6.61 Å². The number of aliphatic hydroxyl groups is 7. The van der Waals surface area contributed by atoms with Crippen LogP contribution in [-0.4, -0.2) is 108 Å². The molecule has 1 aliphatic carbocycles. The van der Waals surface area contributed by atoms with E-state index in [2.05, 4.69) is 19.2 Å². The Balaban J connectivity index is 2.52. The molecule has 328 valence electrons. The van der Waals surface area contributed by atoms with E-state index in [0.717, 1.165) is 51.4 Å². The van der Waals surface area contributed by atoms with E-state index in [1.807, 2.05) is 0 Å². The van der Waals surface area contributed by atoms with E-state index >= 15 is 0 Å². The van der Waals surface area contributed by atoms with Crippen LogP contribution in [0.2, 0.25) is 0 Å². The number of carbonyl (C=O) groups excluding carboxylic acids is 1. The van der Waals surface area contributed by atoms with Crippen molar-refractivity contribution in [3.8, 4) is 0 Å². The quantitative estimate of drug-likeness (QED) is 0.0245. The number of phosphoric acid groups is 1. The van der Waals surface area contributed by atoms with Crippen LogP contribution in [0.25, 0.3) is 0 Å². The van der Waals surface area contributed by atoms with E-state index in [0.29, 0.717) is 12.8 Å². The van der Waals surface area contributed by atoms with Crippen molar-refractivity contribution in [1.82, 2.24) is 5.32 Å². The lowest BCUT2D eigenvalue weighted by Crippen LogP contribution is -2.64. The second-order valence-corrected chi connectivity index (χ2v) is 17.5. The maximum absolute atomic E-state index is 13.0. The van der Waals surface area contributed by atoms with Crippen LogP contribution >= 0.6 is 7.82 Å². The number of carbonyl (C=O) groups is 1. The Morgan fingerprint density at radius 1 is 0.564 bits per heavy atom. The summed E-state index contributed by atoms with van der Waals surface area (Å²) in [6.45, 7) is 3.76. The molecule has 0 heterocycles. The fourth-order valence-electron chi connectivity index (χ4n) is 7.30. The minimum atomic E-state index is -5.10. The van der Waals surface area contributed by atoms with Crippen LogP contribution in [-0.2, 0) is 18.4 Å². The second-order valence-electron chi connectivity index (χ2n) is 16.1. The predicted octanol–water partition coefficient (Wildman–Crippen LogP) is 6.48. The third kappa shape index (κ3) is 24.7. The predicted molar refractivity (Wildman–Crippen MR) is 215 cm³/mol. The molecule has 9 N–H and O–H groups in total. The van der Waals surface area contributed by atoms with E-state index in [1.165, 1.54) is 103 Å². The Morgan fingerprint density at radius 3 is 1.31 bits per heavy atom. The fraction of sp³-hybridized carbons (Fsp3) is 0.976. The van der Waals surface area contributed by atoms with Crippen LogP contribution in [0.1, 0.15) is 194 Å². The number of hydrogen-bond acceptors (Lipinski definition) is 11. The molecule has 1 fully saturated rings. The Kier molecular flexibility index (Phi) is 30.6. The average Bonchev–Trinajstić information content (AvgIpc) is 3.15. The van der Waals surface area contributed by atoms with Crippen molar-refractivity contribution < 1.29 is 59.0 Å². The lowest BCUT2D eigenvalue weighted by Gasteiger charge is -2.41. The van der Waals surface area contributed by atoms with Crippen LogP contribution < -0.4 is 5.32 Å². The van der Waals surface area contributed by atoms with Crippen LogP contribution in [0.5, 0.6) is 0 Å². The van der Waals surface area contributed by atoms with Crippen molar-refractivity contribution in [3.05, 3.63) is 0 Å². The molecule has 0 radical (unpaired) electrons. The number of phosphoric ester groups is 1. The summed E-state index contributed by atoms with van der Waals surface area (Å²) in [5.41, 5.74) is 0. The molecule has 0 bridgehead atoms. The summed E-state index contributed by atoms with van der Waals surface area (Å²) in [5, 5.41) is 74.4. The summed E-state index contributed by atoms with van der Waals surface area (Å²) < 4.78 is 22.8. The monoisotopic (exact) mass is 812 g/mol. The van der Waals surface area contributed by atoms with Crippen LogP contribution in [0, 0.1) is 0 Å². The number of unbranched alkanes of at least 4 members (excludes halogenated alkanes) is 23. The minimum absolute atomic E-state index is 0.216. The van der Waals surface area contributed by atoms with Gasteiger partial charge in [0.05, 0.1) is 31.3 Å². The summed E-state index contributed by atoms with van der Waals surface area (Å²) in [6, 6.07) is -1.15. The van der Waals surface area contributed by atoms with E-state index < -0.39 is 75.2 Å². The average molecular weight is 812 g/mol. The van der Waals surface area contributed by atoms with Crippen molar-refractivity contribution >= 4 is 13.7 Å². The lowest BCUT2D eigenvalue weighted by atomic mass is 9.85. The molecule has 0 spiro atoms. The topological polar surface area (TPSA) is 226 Å². The molecule has 0 aromatic heterocycles. The highest BCUT2D eigenvalue weighted by molar-refractivity contribution is 7.47. The van der Waals surface area contributed by atoms with E-state index in [1.54, 1.807) is 0 Å². The van der Waals surface area contributed by atoms with Gasteiger partial charge in [-0.25, -0.2) is 4.57 Å². The summed E-state index contributed by atoms with van der Waals surface area (Å²) in [6.07, 6.45) is 16.0. The maximum Gasteiger partial charge on any atom is 0.472 e. The van der Waals surface area contributed by atoms with Gasteiger partial charge in [0.2, 0.25) is 5.91 Å². The summed E-state index contributed by atoms with van der Waals surface area (Å²) >= 11 is 0. The molecule has 1 aliphatic rings. The number of rotatable bonds is 36. The van der Waals surface area contributed by atoms with Gasteiger partial charge in [-0.05, 0) is 12.8 Å². The van der Waals surface area contributed by atoms with Gasteiger partial charge in [0.1, 0.15) is 36.6 Å². The Labute approximate surface area is 332 Å². The first-order chi connectivity index (χ1) is 26.3. The van der Waals surface area contributed by atoms with Crippen LogP contribution in [0.3, 0.4) is 0 Å². The molecule has 14 heteroatoms. The van der Waals surface area contributed by atoms with Gasteiger partial charge in [-0.2, -0.15) is 0 Å². The third-order valence-corrected chi connectivity index (χ3v) is 12.0. The molecule has 0 aromatic carbocycles. The highest BCUT2D eigenvalue weighted by atomic mass is 31.2. The van der Waals surface area contributed by atoms with Gasteiger partial charge < -0.3 is 46.0 Å². The Bertz CT molecular complexity index is 964. The highest BCUT2D eigenvalue weighted by Gasteiger charge is 2.51. The van der Waals surface area contributed by atoms with Crippen molar-refractivity contribution in [1.29, 1.82) is 0 Å². The number of aliphatic hydroxyl groups excluding tert-OH is 7. The van der Waals surface area contributed by atoms with Crippen molar-refractivity contribution in [2.45, 2.75) is 249 Å². The van der Waals surface area contributed by atoms with Crippen LogP contribution in [0.4, 0.5) is 0 Å². The minimum Gasteiger partial charge on any atom is -0.393 e. The lowest BCUT2D eigenvalue weighted by molar-refractivity contribution is -0.220. The van der Waals surface area contributed by atoms with Gasteiger partial charge in [-0.1, -0.05) is 174 Å². The van der Waals surface area contributed by atoms with E-state index in [-0.39, 0.29) is 12.8 Å². The zero-order chi connectivity index (χ0) is 40.9. The number of hydrogen-bond donors (Lipinski definition) is 9. The van der Waals surface area contributed by atoms with Crippen molar-refractivity contribution in [2.24, 2.45) is 0 Å². The molecule has 1 amide bonds. The highest BCUT2D eigenvalue weighted by Crippen LogP contribution is 2.47. The molecule has 1 rings (SSSR count). The first kappa shape index (κ1) is 52.3. The number of amides is 1. The van der Waals surface area contributed by atoms with Crippen molar-refractivity contribution in [3.63, 3.8) is 0 Å². The SMILES string of the molecule is CCCCCCCCCCCCCCCCCC(O)CC(=O)NC(COP(=O)(O)OC1C(O)C(O)C(O)C(O)C1O)C(O)CCCCCCCCCCCC. The van der Waals surface area contributed by atoms with Gasteiger partial charge in [-0.15, -0.1) is 0 Å². The molecule has 13 nitrogen and oxygen atoms in total. The third-order valence-electron chi connectivity index (χ3n) is 11.0.